The van der Waals surface area contributed by atoms with Gasteiger partial charge in [0, 0.05) is 5.56 Å². The molecule has 0 saturated carbocycles. The zero-order chi connectivity index (χ0) is 28.7. The van der Waals surface area contributed by atoms with Crippen LogP contribution in [0, 0.1) is 0 Å². The summed E-state index contributed by atoms with van der Waals surface area (Å²) in [5.74, 6) is -0.139. The number of hydrogen-bond donors (Lipinski definition) is 0. The average molecular weight is 566 g/mol. The number of methoxy groups -OCH3 is 1. The summed E-state index contributed by atoms with van der Waals surface area (Å²) in [7, 11) is 1.57. The third-order valence-corrected chi connectivity index (χ3v) is 8.31. The first-order valence-corrected chi connectivity index (χ1v) is 14.1. The minimum atomic E-state index is -0.780. The second-order valence-electron chi connectivity index (χ2n) is 9.67. The van der Waals surface area contributed by atoms with E-state index in [1.807, 2.05) is 66.7 Å². The van der Waals surface area contributed by atoms with Crippen LogP contribution in [0.2, 0.25) is 0 Å². The number of fused-ring (bicyclic) bond motifs is 2. The molecular weight excluding hydrogens is 538 g/mol. The molecule has 2 aliphatic heterocycles. The van der Waals surface area contributed by atoms with Crippen molar-refractivity contribution in [1.82, 2.24) is 4.57 Å². The van der Waals surface area contributed by atoms with Crippen molar-refractivity contribution in [3.05, 3.63) is 127 Å². The highest BCUT2D eigenvalue weighted by Gasteiger charge is 2.37. The van der Waals surface area contributed by atoms with E-state index in [4.69, 9.17) is 9.47 Å². The Bertz CT molecular complexity index is 1890. The number of hydrogen-bond acceptors (Lipinski definition) is 7. The van der Waals surface area contributed by atoms with Gasteiger partial charge in [-0.05, 0) is 43.2 Å². The molecule has 3 aromatic carbocycles. The maximum absolute atomic E-state index is 14.3. The first-order valence-electron chi connectivity index (χ1n) is 13.2. The highest BCUT2D eigenvalue weighted by Crippen LogP contribution is 2.36. The molecule has 0 bridgehead atoms. The number of aromatic nitrogens is 1. The van der Waals surface area contributed by atoms with Crippen LogP contribution >= 0.6 is 11.3 Å². The van der Waals surface area contributed by atoms with Crippen LogP contribution in [0.25, 0.3) is 5.57 Å². The Morgan fingerprint density at radius 1 is 0.976 bits per heavy atom. The molecule has 6 rings (SSSR count). The summed E-state index contributed by atoms with van der Waals surface area (Å²) in [5.41, 5.74) is 3.82. The van der Waals surface area contributed by atoms with Gasteiger partial charge in [-0.25, -0.2) is 9.79 Å². The summed E-state index contributed by atoms with van der Waals surface area (Å²) in [6.45, 7) is 4.03. The fourth-order valence-corrected chi connectivity index (χ4v) is 6.50. The predicted octanol–water partition coefficient (Wildman–Crippen LogP) is 3.72. The van der Waals surface area contributed by atoms with Gasteiger partial charge in [0.1, 0.15) is 10.3 Å². The van der Waals surface area contributed by atoms with Crippen LogP contribution in [-0.4, -0.2) is 30.2 Å². The number of nitrogens with zero attached hydrogens (tertiary/aromatic N) is 3. The average Bonchev–Trinajstić information content (AvgIpc) is 3.45. The van der Waals surface area contributed by atoms with Gasteiger partial charge in [-0.15, -0.1) is 0 Å². The number of ether oxygens (including phenoxy) is 2. The number of para-hydroxylation sites is 1. The van der Waals surface area contributed by atoms with E-state index in [0.717, 1.165) is 22.6 Å². The van der Waals surface area contributed by atoms with Gasteiger partial charge in [-0.3, -0.25) is 14.2 Å². The van der Waals surface area contributed by atoms with Gasteiger partial charge in [-0.2, -0.15) is 0 Å². The standard InChI is InChI=1S/C32H27N3O5S/c1-4-40-31(38)25-19(2)33-32-35(27(25)21-14-16-22(39-3)17-15-21)30(37)28(41-32)26-23-12-8-9-13-24(23)34(29(26)36)18-20-10-6-5-7-11-20/h5-17,27H,4,18H2,1-3H3/b28-26-/t27-/m1/s1. The fourth-order valence-electron chi connectivity index (χ4n) is 5.37. The Labute approximate surface area is 240 Å². The van der Waals surface area contributed by atoms with Crippen molar-refractivity contribution < 1.29 is 19.1 Å². The molecule has 0 spiro atoms. The van der Waals surface area contributed by atoms with Crippen molar-refractivity contribution in [2.75, 3.05) is 18.6 Å². The van der Waals surface area contributed by atoms with Gasteiger partial charge < -0.3 is 14.4 Å². The molecule has 0 fully saturated rings. The molecule has 41 heavy (non-hydrogen) atoms. The normalized spacial score (nSPS) is 17.2. The fraction of sp³-hybridized carbons (Fsp3) is 0.188. The van der Waals surface area contributed by atoms with E-state index in [-0.39, 0.29) is 28.2 Å². The Hall–Kier alpha value is -4.76. The first kappa shape index (κ1) is 26.5. The Kier molecular flexibility index (Phi) is 6.88. The molecule has 0 N–H and O–H groups in total. The van der Waals surface area contributed by atoms with E-state index in [0.29, 0.717) is 39.5 Å². The van der Waals surface area contributed by atoms with Crippen molar-refractivity contribution in [3.63, 3.8) is 0 Å². The summed E-state index contributed by atoms with van der Waals surface area (Å²) in [5, 5.41) is 0. The number of thiazole rings is 1. The van der Waals surface area contributed by atoms with Crippen molar-refractivity contribution >= 4 is 34.5 Å². The molecule has 1 aromatic heterocycles. The number of rotatable bonds is 6. The van der Waals surface area contributed by atoms with E-state index < -0.39 is 12.0 Å². The molecule has 206 valence electrons. The van der Waals surface area contributed by atoms with Crippen LogP contribution in [0.5, 0.6) is 5.75 Å². The molecule has 9 heteroatoms. The Morgan fingerprint density at radius 3 is 2.39 bits per heavy atom. The number of amides is 1. The van der Waals surface area contributed by atoms with E-state index >= 15 is 0 Å². The predicted molar refractivity (Wildman–Crippen MR) is 156 cm³/mol. The number of esters is 1. The zero-order valence-electron chi connectivity index (χ0n) is 22.8. The maximum Gasteiger partial charge on any atom is 0.338 e. The smallest absolute Gasteiger partial charge is 0.338 e. The van der Waals surface area contributed by atoms with Crippen LogP contribution in [0.4, 0.5) is 5.69 Å². The summed E-state index contributed by atoms with van der Waals surface area (Å²) in [4.78, 5) is 48.2. The van der Waals surface area contributed by atoms with Crippen molar-refractivity contribution in [1.29, 1.82) is 0 Å². The lowest BCUT2D eigenvalue weighted by atomic mass is 9.96. The quantitative estimate of drug-likeness (QED) is 0.333. The lowest BCUT2D eigenvalue weighted by Crippen LogP contribution is -2.41. The minimum Gasteiger partial charge on any atom is -0.497 e. The van der Waals surface area contributed by atoms with E-state index in [2.05, 4.69) is 4.99 Å². The molecule has 1 amide bonds. The van der Waals surface area contributed by atoms with Crippen molar-refractivity contribution in [2.24, 2.45) is 4.99 Å². The van der Waals surface area contributed by atoms with Crippen LogP contribution in [0.1, 0.15) is 36.6 Å². The maximum atomic E-state index is 14.3. The van der Waals surface area contributed by atoms with E-state index in [9.17, 15) is 14.4 Å². The third kappa shape index (κ3) is 4.48. The van der Waals surface area contributed by atoms with Crippen molar-refractivity contribution in [3.8, 4) is 5.75 Å². The number of allylic oxidation sites excluding steroid dienone is 1. The lowest BCUT2D eigenvalue weighted by Gasteiger charge is -2.24. The van der Waals surface area contributed by atoms with Gasteiger partial charge in [0.05, 0.1) is 48.8 Å². The van der Waals surface area contributed by atoms with E-state index in [1.54, 1.807) is 38.0 Å². The highest BCUT2D eigenvalue weighted by atomic mass is 32.1. The third-order valence-electron chi connectivity index (χ3n) is 7.26. The summed E-state index contributed by atoms with van der Waals surface area (Å²) >= 11 is 1.16. The van der Waals surface area contributed by atoms with Crippen LogP contribution < -0.4 is 24.5 Å². The topological polar surface area (TPSA) is 90.2 Å². The first-order chi connectivity index (χ1) is 19.9. The molecule has 0 saturated heterocycles. The van der Waals surface area contributed by atoms with Gasteiger partial charge in [0.25, 0.3) is 11.5 Å². The summed E-state index contributed by atoms with van der Waals surface area (Å²) in [6.07, 6.45) is 0. The molecule has 0 unspecified atom stereocenters. The van der Waals surface area contributed by atoms with Gasteiger partial charge >= 0.3 is 5.97 Å². The minimum absolute atomic E-state index is 0.183. The molecule has 3 heterocycles. The number of anilines is 1. The molecule has 2 aliphatic rings. The zero-order valence-corrected chi connectivity index (χ0v) is 23.6. The van der Waals surface area contributed by atoms with Gasteiger partial charge in [0.15, 0.2) is 4.80 Å². The summed E-state index contributed by atoms with van der Waals surface area (Å²) in [6, 6.07) is 23.7. The van der Waals surface area contributed by atoms with Gasteiger partial charge in [0.2, 0.25) is 0 Å². The molecule has 1 atom stereocenters. The SMILES string of the molecule is CCOC(=O)C1=C(C)N=c2s/c(=C3\C(=O)N(Cc4ccccc4)c4ccccc43)c(=O)n2[C@@H]1c1ccc(OC)cc1. The second kappa shape index (κ2) is 10.7. The lowest BCUT2D eigenvalue weighted by molar-refractivity contribution is -0.139. The number of benzene rings is 3. The van der Waals surface area contributed by atoms with Crippen LogP contribution in [0.3, 0.4) is 0 Å². The van der Waals surface area contributed by atoms with Crippen molar-refractivity contribution in [2.45, 2.75) is 26.4 Å². The molecule has 0 radical (unpaired) electrons. The Morgan fingerprint density at radius 2 is 1.68 bits per heavy atom. The molecule has 0 aliphatic carbocycles. The second-order valence-corrected chi connectivity index (χ2v) is 10.6. The van der Waals surface area contributed by atoms with Gasteiger partial charge in [-0.1, -0.05) is 72.0 Å². The summed E-state index contributed by atoms with van der Waals surface area (Å²) < 4.78 is 12.5. The largest absolute Gasteiger partial charge is 0.497 e. The number of carbonyl (C=O) groups is 2. The van der Waals surface area contributed by atoms with Crippen LogP contribution in [0.15, 0.2) is 99.9 Å². The molecular formula is C32H27N3O5S. The monoisotopic (exact) mass is 565 g/mol. The molecule has 4 aromatic rings. The van der Waals surface area contributed by atoms with Crippen LogP contribution in [-0.2, 0) is 20.9 Å². The van der Waals surface area contributed by atoms with E-state index in [1.165, 1.54) is 4.57 Å². The highest BCUT2D eigenvalue weighted by molar-refractivity contribution is 7.07. The number of carbonyl (C=O) groups excluding carboxylic acids is 2. The Balaban J connectivity index is 1.57. The molecule has 8 nitrogen and oxygen atoms in total.